The highest BCUT2D eigenvalue weighted by Gasteiger charge is 2.22. The van der Waals surface area contributed by atoms with Crippen LogP contribution in [0.15, 0.2) is 36.4 Å². The third-order valence-electron chi connectivity index (χ3n) is 5.27. The number of hydrogen-bond acceptors (Lipinski definition) is 4. The molecule has 0 saturated carbocycles. The first-order chi connectivity index (χ1) is 16.7. The number of alkyl carbamates (subject to hydrolysis) is 1. The number of benzene rings is 2. The van der Waals surface area contributed by atoms with Gasteiger partial charge in [0.1, 0.15) is 23.0 Å². The average molecular weight is 505 g/mol. The summed E-state index contributed by atoms with van der Waals surface area (Å²) >= 11 is 0. The van der Waals surface area contributed by atoms with Crippen molar-refractivity contribution in [2.75, 3.05) is 19.7 Å². The van der Waals surface area contributed by atoms with Gasteiger partial charge in [0.15, 0.2) is 0 Å². The van der Waals surface area contributed by atoms with Crippen LogP contribution in [0.1, 0.15) is 77.1 Å². The smallest absolute Gasteiger partial charge is 0.407 e. The molecule has 0 radical (unpaired) electrons. The van der Waals surface area contributed by atoms with E-state index in [-0.39, 0.29) is 11.5 Å². The van der Waals surface area contributed by atoms with E-state index < -0.39 is 17.2 Å². The van der Waals surface area contributed by atoms with Crippen molar-refractivity contribution >= 4 is 6.09 Å². The minimum Gasteiger partial charge on any atom is -0.493 e. The molecule has 1 heterocycles. The van der Waals surface area contributed by atoms with Crippen molar-refractivity contribution in [2.45, 2.75) is 79.4 Å². The van der Waals surface area contributed by atoms with Crippen molar-refractivity contribution in [2.24, 2.45) is 5.41 Å². The third-order valence-corrected chi connectivity index (χ3v) is 5.27. The molecule has 0 fully saturated rings. The Morgan fingerprint density at radius 1 is 1.03 bits per heavy atom. The van der Waals surface area contributed by atoms with Crippen LogP contribution < -0.4 is 15.4 Å². The van der Waals surface area contributed by atoms with Gasteiger partial charge in [0, 0.05) is 30.6 Å². The zero-order valence-corrected chi connectivity index (χ0v) is 22.8. The maximum atomic E-state index is 12.2. The zero-order chi connectivity index (χ0) is 26.9. The molecule has 1 unspecified atom stereocenters. The fourth-order valence-electron chi connectivity index (χ4n) is 3.94. The van der Waals surface area contributed by atoms with Crippen molar-refractivity contribution in [3.05, 3.63) is 64.7 Å². The Morgan fingerprint density at radius 2 is 1.69 bits per heavy atom. The lowest BCUT2D eigenvalue weighted by molar-refractivity contribution is 0.0527. The fraction of sp³-hybridized carbons (Fsp3) is 0.552. The van der Waals surface area contributed by atoms with E-state index in [4.69, 9.17) is 9.47 Å². The maximum absolute atomic E-state index is 12.2. The molecule has 3 rings (SSSR count). The van der Waals surface area contributed by atoms with Crippen molar-refractivity contribution in [1.29, 1.82) is 0 Å². The Morgan fingerprint density at radius 3 is 2.28 bits per heavy atom. The van der Waals surface area contributed by atoms with Gasteiger partial charge in [0.2, 0.25) is 0 Å². The molecule has 5 nitrogen and oxygen atoms in total. The van der Waals surface area contributed by atoms with Crippen molar-refractivity contribution < 1.29 is 23.0 Å². The van der Waals surface area contributed by atoms with E-state index in [1.54, 1.807) is 6.92 Å². The van der Waals surface area contributed by atoms with Gasteiger partial charge in [-0.05, 0) is 81.8 Å². The Bertz CT molecular complexity index is 947. The predicted octanol–water partition coefficient (Wildman–Crippen LogP) is 6.88. The molecule has 0 spiro atoms. The van der Waals surface area contributed by atoms with E-state index in [1.165, 1.54) is 23.3 Å². The molecular formula is C29H42F2N2O3. The molecule has 1 aliphatic heterocycles. The number of fused-ring (bicyclic) bond motifs is 1. The molecule has 1 aliphatic rings. The summed E-state index contributed by atoms with van der Waals surface area (Å²) in [5.74, 6) is -0.0525. The summed E-state index contributed by atoms with van der Waals surface area (Å²) in [4.78, 5) is 11.7. The minimum atomic E-state index is -0.521. The molecule has 1 amide bonds. The second-order valence-electron chi connectivity index (χ2n) is 11.5. The van der Waals surface area contributed by atoms with Crippen LogP contribution in [0.25, 0.3) is 0 Å². The van der Waals surface area contributed by atoms with Crippen LogP contribution in [0.4, 0.5) is 13.6 Å². The minimum absolute atomic E-state index is 0.264. The summed E-state index contributed by atoms with van der Waals surface area (Å²) in [5, 5.41) is 6.42. The fourth-order valence-corrected chi connectivity index (χ4v) is 3.94. The van der Waals surface area contributed by atoms with Crippen LogP contribution in [-0.2, 0) is 11.2 Å². The summed E-state index contributed by atoms with van der Waals surface area (Å²) in [5.41, 5.74) is 3.01. The Kier molecular flexibility index (Phi) is 10.7. The summed E-state index contributed by atoms with van der Waals surface area (Å²) in [6.45, 7) is 16.2. The van der Waals surface area contributed by atoms with Gasteiger partial charge in [-0.15, -0.1) is 0 Å². The molecular weight excluding hydrogens is 462 g/mol. The average Bonchev–Trinajstić information content (AvgIpc) is 2.70. The lowest BCUT2D eigenvalue weighted by atomic mass is 9.86. The van der Waals surface area contributed by atoms with Crippen LogP contribution in [0.3, 0.4) is 0 Å². The molecule has 0 aliphatic carbocycles. The molecule has 200 valence electrons. The number of carbonyl (C=O) groups excluding carboxylic acids is 1. The van der Waals surface area contributed by atoms with Crippen molar-refractivity contribution in [3.63, 3.8) is 0 Å². The number of ether oxygens (including phenoxy) is 2. The van der Waals surface area contributed by atoms with E-state index in [1.807, 2.05) is 20.8 Å². The van der Waals surface area contributed by atoms with E-state index in [0.717, 1.165) is 44.2 Å². The number of rotatable bonds is 6. The van der Waals surface area contributed by atoms with Gasteiger partial charge < -0.3 is 20.1 Å². The SMILES string of the molecule is CC(C)(C)Cc1ccc2c(c1)C(NCCCNC(=O)OC(C)(C)C)CCO2.Cc1cc(F)cc(F)c1. The summed E-state index contributed by atoms with van der Waals surface area (Å²) < 4.78 is 35.5. The van der Waals surface area contributed by atoms with Crippen LogP contribution in [0.2, 0.25) is 0 Å². The quantitative estimate of drug-likeness (QED) is 0.421. The van der Waals surface area contributed by atoms with E-state index in [0.29, 0.717) is 18.2 Å². The number of nitrogens with one attached hydrogen (secondary N) is 2. The highest BCUT2D eigenvalue weighted by molar-refractivity contribution is 5.67. The standard InChI is InChI=1S/C22H36N2O3.C7H6F2/c1-21(2,3)15-16-8-9-19-17(14-16)18(10-13-26-19)23-11-7-12-24-20(25)27-22(4,5)6;1-5-2-6(8)4-7(9)3-5/h8-9,14,18,23H,7,10-13,15H2,1-6H3,(H,24,25);2-4H,1H3. The first-order valence-corrected chi connectivity index (χ1v) is 12.6. The summed E-state index contributed by atoms with van der Waals surface area (Å²) in [6.07, 6.45) is 2.51. The van der Waals surface area contributed by atoms with Gasteiger partial charge in [0.05, 0.1) is 6.61 Å². The number of aryl methyl sites for hydroxylation is 1. The van der Waals surface area contributed by atoms with Gasteiger partial charge >= 0.3 is 6.09 Å². The molecule has 2 aromatic rings. The second kappa shape index (κ2) is 13.0. The topological polar surface area (TPSA) is 59.6 Å². The molecule has 7 heteroatoms. The normalized spacial score (nSPS) is 15.2. The molecule has 0 bridgehead atoms. The molecule has 36 heavy (non-hydrogen) atoms. The van der Waals surface area contributed by atoms with Gasteiger partial charge in [-0.1, -0.05) is 32.9 Å². The van der Waals surface area contributed by atoms with Crippen molar-refractivity contribution in [3.8, 4) is 5.75 Å². The first kappa shape index (κ1) is 29.6. The Hall–Kier alpha value is -2.67. The highest BCUT2D eigenvalue weighted by atomic mass is 19.1. The molecule has 0 aromatic heterocycles. The lowest BCUT2D eigenvalue weighted by Crippen LogP contribution is -2.34. The van der Waals surface area contributed by atoms with Gasteiger partial charge in [-0.3, -0.25) is 0 Å². The number of halogens is 2. The highest BCUT2D eigenvalue weighted by Crippen LogP contribution is 2.34. The zero-order valence-electron chi connectivity index (χ0n) is 22.8. The monoisotopic (exact) mass is 504 g/mol. The van der Waals surface area contributed by atoms with E-state index in [2.05, 4.69) is 49.6 Å². The molecule has 0 saturated heterocycles. The van der Waals surface area contributed by atoms with E-state index >= 15 is 0 Å². The van der Waals surface area contributed by atoms with Gasteiger partial charge in [-0.25, -0.2) is 13.6 Å². The van der Waals surface area contributed by atoms with Crippen molar-refractivity contribution in [1.82, 2.24) is 10.6 Å². The third kappa shape index (κ3) is 11.4. The Balaban J connectivity index is 0.000000425. The summed E-state index contributed by atoms with van der Waals surface area (Å²) in [6, 6.07) is 10.3. The number of amides is 1. The molecule has 2 aromatic carbocycles. The van der Waals surface area contributed by atoms with Crippen LogP contribution in [-0.4, -0.2) is 31.4 Å². The Labute approximate surface area is 215 Å². The largest absolute Gasteiger partial charge is 0.493 e. The van der Waals surface area contributed by atoms with Gasteiger partial charge in [0.25, 0.3) is 0 Å². The first-order valence-electron chi connectivity index (χ1n) is 12.6. The lowest BCUT2D eigenvalue weighted by Gasteiger charge is -2.28. The maximum Gasteiger partial charge on any atom is 0.407 e. The second-order valence-corrected chi connectivity index (χ2v) is 11.5. The predicted molar refractivity (Wildman–Crippen MR) is 140 cm³/mol. The van der Waals surface area contributed by atoms with Crippen LogP contribution in [0, 0.1) is 24.0 Å². The summed E-state index contributed by atoms with van der Waals surface area (Å²) in [7, 11) is 0. The van der Waals surface area contributed by atoms with E-state index in [9.17, 15) is 13.6 Å². The van der Waals surface area contributed by atoms with Crippen LogP contribution >= 0.6 is 0 Å². The van der Waals surface area contributed by atoms with Crippen LogP contribution in [0.5, 0.6) is 5.75 Å². The molecule has 1 atom stereocenters. The van der Waals surface area contributed by atoms with Gasteiger partial charge in [-0.2, -0.15) is 0 Å². The number of carbonyl (C=O) groups is 1. The number of hydrogen-bond donors (Lipinski definition) is 2. The molecule has 2 N–H and O–H groups in total.